The average molecular weight is 973 g/mol. The summed E-state index contributed by atoms with van der Waals surface area (Å²) in [6, 6.07) is 31.2. The van der Waals surface area contributed by atoms with Gasteiger partial charge in [0, 0.05) is 93.4 Å². The summed E-state index contributed by atoms with van der Waals surface area (Å²) in [4.78, 5) is 72.1. The van der Waals surface area contributed by atoms with Gasteiger partial charge in [-0.1, -0.05) is 0 Å². The maximum Gasteiger partial charge on any atom is 0.255 e. The fourth-order valence-electron chi connectivity index (χ4n) is 7.31. The molecule has 0 radical (unpaired) electrons. The molecule has 0 bridgehead atoms. The van der Waals surface area contributed by atoms with Crippen molar-refractivity contribution in [2.45, 2.75) is 0 Å². The van der Waals surface area contributed by atoms with Crippen LogP contribution in [0.15, 0.2) is 129 Å². The van der Waals surface area contributed by atoms with Crippen LogP contribution in [0.3, 0.4) is 0 Å². The Hall–Kier alpha value is -6.98. The zero-order valence-electron chi connectivity index (χ0n) is 35.1. The molecule has 0 fully saturated rings. The van der Waals surface area contributed by atoms with Crippen LogP contribution in [0.4, 0.5) is 22.7 Å². The lowest BCUT2D eigenvalue weighted by Gasteiger charge is -2.13. The largest absolute Gasteiger partial charge is 0.368 e. The van der Waals surface area contributed by atoms with Gasteiger partial charge in [0.15, 0.2) is 0 Å². The molecule has 4 aliphatic heterocycles. The smallest absolute Gasteiger partial charge is 0.255 e. The summed E-state index contributed by atoms with van der Waals surface area (Å²) in [5.74, 6) is 1.33. The highest BCUT2D eigenvalue weighted by Crippen LogP contribution is 2.23. The molecule has 5 aromatic rings. The Kier molecular flexibility index (Phi) is 17.3. The molecule has 0 atom stereocenters. The summed E-state index contributed by atoms with van der Waals surface area (Å²) in [6.07, 6.45) is 0. The van der Waals surface area contributed by atoms with Gasteiger partial charge in [0.1, 0.15) is 23.3 Å². The van der Waals surface area contributed by atoms with E-state index in [1.165, 1.54) is 0 Å². The first-order valence-corrected chi connectivity index (χ1v) is 20.3. The van der Waals surface area contributed by atoms with Crippen LogP contribution in [0.1, 0.15) is 63.7 Å². The summed E-state index contributed by atoms with van der Waals surface area (Å²) in [5, 5.41) is 24.6. The fraction of sp³-hybridized carbons (Fsp3) is 0.174. The number of halogens is 4. The predicted molar refractivity (Wildman–Crippen MR) is 271 cm³/mol. The molecule has 8 N–H and O–H groups in total. The molecule has 9 rings (SSSR count). The number of aliphatic imine (C=N–C) groups is 4. The number of carbonyl (C=O) groups is 4. The number of carbonyl (C=O) groups excluding carboxylic acids is 4. The summed E-state index contributed by atoms with van der Waals surface area (Å²) >= 11 is 0. The van der Waals surface area contributed by atoms with Crippen LogP contribution in [0, 0.1) is 0 Å². The first-order chi connectivity index (χ1) is 30.3. The molecule has 4 aliphatic rings. The zero-order chi connectivity index (χ0) is 42.4. The van der Waals surface area contributed by atoms with Crippen molar-refractivity contribution in [2.24, 2.45) is 20.0 Å². The lowest BCUT2D eigenvalue weighted by molar-refractivity contribution is 0.101. The molecule has 20 heteroatoms. The van der Waals surface area contributed by atoms with Crippen molar-refractivity contribution in [3.05, 3.63) is 154 Å². The normalized spacial score (nSPS) is 14.2. The van der Waals surface area contributed by atoms with Crippen LogP contribution in [0.25, 0.3) is 0 Å². The van der Waals surface area contributed by atoms with Gasteiger partial charge in [-0.15, -0.1) is 49.6 Å². The molecule has 0 aliphatic carbocycles. The minimum absolute atomic E-state index is 0. The van der Waals surface area contributed by atoms with Gasteiger partial charge < -0.3 is 42.5 Å². The molecule has 342 valence electrons. The second kappa shape index (κ2) is 22.8. The lowest BCUT2D eigenvalue weighted by atomic mass is 10.1. The number of anilines is 4. The van der Waals surface area contributed by atoms with Crippen LogP contribution >= 0.6 is 49.6 Å². The van der Waals surface area contributed by atoms with Crippen molar-refractivity contribution in [3.63, 3.8) is 0 Å². The Labute approximate surface area is 405 Å². The van der Waals surface area contributed by atoms with E-state index in [4.69, 9.17) is 0 Å². The van der Waals surface area contributed by atoms with Crippen LogP contribution < -0.4 is 42.5 Å². The number of amidine groups is 4. The molecule has 0 saturated heterocycles. The number of benzene rings is 5. The predicted octanol–water partition coefficient (Wildman–Crippen LogP) is 5.78. The highest BCUT2D eigenvalue weighted by atomic mass is 35.5. The fourth-order valence-corrected chi connectivity index (χ4v) is 7.31. The van der Waals surface area contributed by atoms with Crippen molar-refractivity contribution >= 4 is 119 Å². The van der Waals surface area contributed by atoms with Crippen molar-refractivity contribution in [1.29, 1.82) is 0 Å². The topological polar surface area (TPSA) is 214 Å². The molecule has 0 saturated carbocycles. The highest BCUT2D eigenvalue weighted by molar-refractivity contribution is 6.13. The Balaban J connectivity index is 0.00000204. The Morgan fingerprint density at radius 3 is 0.924 bits per heavy atom. The Morgan fingerprint density at radius 1 is 0.333 bits per heavy atom. The zero-order valence-corrected chi connectivity index (χ0v) is 38.4. The number of nitrogens with one attached hydrogen (secondary N) is 8. The first-order valence-electron chi connectivity index (χ1n) is 20.3. The van der Waals surface area contributed by atoms with E-state index in [1.54, 1.807) is 60.7 Å². The van der Waals surface area contributed by atoms with Gasteiger partial charge in [-0.05, 0) is 109 Å². The van der Waals surface area contributed by atoms with Gasteiger partial charge in [0.2, 0.25) is 0 Å². The molecule has 5 aromatic carbocycles. The van der Waals surface area contributed by atoms with Gasteiger partial charge in [0.05, 0.1) is 26.2 Å². The van der Waals surface area contributed by atoms with Crippen molar-refractivity contribution in [2.75, 3.05) is 73.6 Å². The van der Waals surface area contributed by atoms with Crippen molar-refractivity contribution in [1.82, 2.24) is 21.3 Å². The molecular formula is C46H46Cl4N12O4. The third-order valence-corrected chi connectivity index (χ3v) is 10.4. The number of hydrogen-bond donors (Lipinski definition) is 8. The molecule has 0 unspecified atom stereocenters. The standard InChI is InChI=1S/C46H42N12O4.4ClH/c59-43(57-37-23-31(41-51-17-18-52-41)21-33(25-37)45(61)55-35-9-5-27(6-10-35)39-47-13-14-48-39)29-1-2-30(4-3-29)44(60)58-38-24-32(42-53-19-20-54-42)22-34(26-38)46(62)56-36-11-7-28(8-12-36)40-49-15-16-50-40;;;;/h1-12,21-26H,13-20H2,(H,47,48)(H,49,50)(H,51,52)(H,53,54)(H,55,61)(H,56,62)(H,57,59)(H,58,60);4*1H. The maximum absolute atomic E-state index is 13.6. The minimum Gasteiger partial charge on any atom is -0.368 e. The molecule has 4 amide bonds. The highest BCUT2D eigenvalue weighted by Gasteiger charge is 2.19. The molecule has 16 nitrogen and oxygen atoms in total. The van der Waals surface area contributed by atoms with E-state index >= 15 is 0 Å². The van der Waals surface area contributed by atoms with E-state index in [0.29, 0.717) is 94.0 Å². The molecular weight excluding hydrogens is 926 g/mol. The number of nitrogens with zero attached hydrogens (tertiary/aromatic N) is 4. The maximum atomic E-state index is 13.6. The lowest BCUT2D eigenvalue weighted by Crippen LogP contribution is -2.22. The van der Waals surface area contributed by atoms with Crippen molar-refractivity contribution < 1.29 is 19.2 Å². The summed E-state index contributed by atoms with van der Waals surface area (Å²) in [6.45, 7) is 5.59. The Bertz CT molecular complexity index is 2540. The minimum atomic E-state index is -0.437. The van der Waals surface area contributed by atoms with E-state index in [-0.39, 0.29) is 61.4 Å². The van der Waals surface area contributed by atoms with Crippen LogP contribution in [-0.4, -0.2) is 99.3 Å². The second-order valence-corrected chi connectivity index (χ2v) is 14.8. The number of hydrogen-bond acceptors (Lipinski definition) is 12. The van der Waals surface area contributed by atoms with Gasteiger partial charge >= 0.3 is 0 Å². The second-order valence-electron chi connectivity index (χ2n) is 14.8. The van der Waals surface area contributed by atoms with Gasteiger partial charge in [-0.3, -0.25) is 39.1 Å². The number of amides is 4. The summed E-state index contributed by atoms with van der Waals surface area (Å²) in [7, 11) is 0. The Morgan fingerprint density at radius 2 is 0.621 bits per heavy atom. The quantitative estimate of drug-likeness (QED) is 0.0766. The van der Waals surface area contributed by atoms with E-state index in [9.17, 15) is 19.2 Å². The molecule has 66 heavy (non-hydrogen) atoms. The van der Waals surface area contributed by atoms with Crippen LogP contribution in [0.2, 0.25) is 0 Å². The van der Waals surface area contributed by atoms with E-state index < -0.39 is 11.8 Å². The average Bonchev–Trinajstić information content (AvgIpc) is 4.16. The van der Waals surface area contributed by atoms with E-state index in [0.717, 1.165) is 49.0 Å². The van der Waals surface area contributed by atoms with Crippen LogP contribution in [0.5, 0.6) is 0 Å². The van der Waals surface area contributed by atoms with Crippen molar-refractivity contribution in [3.8, 4) is 0 Å². The van der Waals surface area contributed by atoms with Gasteiger partial charge in [0.25, 0.3) is 23.6 Å². The number of rotatable bonds is 12. The van der Waals surface area contributed by atoms with E-state index in [2.05, 4.69) is 62.5 Å². The SMILES string of the molecule is Cl.Cl.Cl.Cl.O=C(Nc1cc(C(=O)Nc2ccc(C3=NCCN3)cc2)cc(C2=NCCN2)c1)c1ccc(C(=O)Nc2cc(C(=O)Nc3ccc(C4=NCCN4)cc3)cc(C3=NCCN3)c2)cc1. The van der Waals surface area contributed by atoms with Crippen LogP contribution in [-0.2, 0) is 0 Å². The first kappa shape index (κ1) is 50.0. The molecule has 0 aromatic heterocycles. The molecule has 4 heterocycles. The summed E-state index contributed by atoms with van der Waals surface area (Å²) in [5.41, 5.74) is 6.43. The van der Waals surface area contributed by atoms with Gasteiger partial charge in [-0.25, -0.2) is 0 Å². The third kappa shape index (κ3) is 11.8. The van der Waals surface area contributed by atoms with E-state index in [1.807, 2.05) is 48.5 Å². The monoisotopic (exact) mass is 970 g/mol. The third-order valence-electron chi connectivity index (χ3n) is 10.4. The summed E-state index contributed by atoms with van der Waals surface area (Å²) < 4.78 is 0. The van der Waals surface area contributed by atoms with Gasteiger partial charge in [-0.2, -0.15) is 0 Å². The molecule has 0 spiro atoms.